The number of aromatic nitrogens is 1. The number of hydrogen-bond donors (Lipinski definition) is 0. The van der Waals surface area contributed by atoms with E-state index in [-0.39, 0.29) is 5.41 Å². The van der Waals surface area contributed by atoms with Gasteiger partial charge in [0, 0.05) is 5.41 Å². The minimum absolute atomic E-state index is 0.0867. The van der Waals surface area contributed by atoms with Crippen molar-refractivity contribution in [3.05, 3.63) is 24.4 Å². The Morgan fingerprint density at radius 3 is 2.73 bits per heavy atom. The summed E-state index contributed by atoms with van der Waals surface area (Å²) in [5, 5.41) is 0. The van der Waals surface area contributed by atoms with E-state index in [4.69, 9.17) is 4.42 Å². The SMILES string of the molecule is C=Cc1ncc(C(C)(C)CCCCC)o1. The zero-order chi connectivity index (χ0) is 11.3. The smallest absolute Gasteiger partial charge is 0.218 e. The van der Waals surface area contributed by atoms with Gasteiger partial charge in [-0.3, -0.25) is 0 Å². The Labute approximate surface area is 92.4 Å². The fourth-order valence-corrected chi connectivity index (χ4v) is 1.64. The van der Waals surface area contributed by atoms with Crippen LogP contribution in [0.4, 0.5) is 0 Å². The van der Waals surface area contributed by atoms with Gasteiger partial charge in [0.1, 0.15) is 5.76 Å². The van der Waals surface area contributed by atoms with Gasteiger partial charge in [-0.05, 0) is 12.5 Å². The van der Waals surface area contributed by atoms with E-state index in [1.807, 2.05) is 6.20 Å². The highest BCUT2D eigenvalue weighted by Crippen LogP contribution is 2.29. The Kier molecular flexibility index (Phi) is 4.13. The van der Waals surface area contributed by atoms with Crippen LogP contribution >= 0.6 is 0 Å². The van der Waals surface area contributed by atoms with Crippen LogP contribution in [-0.4, -0.2) is 4.98 Å². The molecule has 15 heavy (non-hydrogen) atoms. The third kappa shape index (κ3) is 3.22. The highest BCUT2D eigenvalue weighted by Gasteiger charge is 2.24. The Morgan fingerprint density at radius 1 is 1.47 bits per heavy atom. The Bertz CT molecular complexity index is 312. The molecule has 0 amide bonds. The molecular formula is C13H21NO. The van der Waals surface area contributed by atoms with Crippen LogP contribution in [0.15, 0.2) is 17.2 Å². The summed E-state index contributed by atoms with van der Waals surface area (Å²) in [6, 6.07) is 0. The summed E-state index contributed by atoms with van der Waals surface area (Å²) >= 11 is 0. The summed E-state index contributed by atoms with van der Waals surface area (Å²) in [7, 11) is 0. The Balaban J connectivity index is 2.63. The molecule has 2 heteroatoms. The van der Waals surface area contributed by atoms with Crippen LogP contribution < -0.4 is 0 Å². The van der Waals surface area contributed by atoms with E-state index in [1.165, 1.54) is 19.3 Å². The number of rotatable bonds is 6. The van der Waals surface area contributed by atoms with Crippen molar-refractivity contribution in [2.75, 3.05) is 0 Å². The van der Waals surface area contributed by atoms with Crippen LogP contribution in [0.2, 0.25) is 0 Å². The molecule has 0 saturated carbocycles. The van der Waals surface area contributed by atoms with Crippen LogP contribution in [-0.2, 0) is 5.41 Å². The molecular weight excluding hydrogens is 186 g/mol. The van der Waals surface area contributed by atoms with Gasteiger partial charge in [-0.2, -0.15) is 0 Å². The van der Waals surface area contributed by atoms with E-state index in [9.17, 15) is 0 Å². The van der Waals surface area contributed by atoms with E-state index in [0.29, 0.717) is 5.89 Å². The van der Waals surface area contributed by atoms with Crippen molar-refractivity contribution in [3.63, 3.8) is 0 Å². The average Bonchev–Trinajstić information content (AvgIpc) is 2.66. The first-order chi connectivity index (χ1) is 7.10. The molecule has 1 aromatic rings. The van der Waals surface area contributed by atoms with Gasteiger partial charge in [-0.15, -0.1) is 0 Å². The monoisotopic (exact) mass is 207 g/mol. The fraction of sp³-hybridized carbons (Fsp3) is 0.615. The zero-order valence-electron chi connectivity index (χ0n) is 10.0. The van der Waals surface area contributed by atoms with E-state index >= 15 is 0 Å². The number of oxazole rings is 1. The van der Waals surface area contributed by atoms with Gasteiger partial charge < -0.3 is 4.42 Å². The van der Waals surface area contributed by atoms with E-state index in [2.05, 4.69) is 32.3 Å². The normalized spacial score (nSPS) is 11.7. The third-order valence-corrected chi connectivity index (χ3v) is 2.77. The van der Waals surface area contributed by atoms with E-state index in [0.717, 1.165) is 12.2 Å². The molecule has 0 saturated heterocycles. The minimum Gasteiger partial charge on any atom is -0.441 e. The van der Waals surface area contributed by atoms with Crippen molar-refractivity contribution in [1.82, 2.24) is 4.98 Å². The molecule has 2 nitrogen and oxygen atoms in total. The van der Waals surface area contributed by atoms with Crippen LogP contribution in [0.3, 0.4) is 0 Å². The molecule has 0 fully saturated rings. The molecule has 0 aliphatic heterocycles. The van der Waals surface area contributed by atoms with Crippen molar-refractivity contribution in [2.24, 2.45) is 0 Å². The Hall–Kier alpha value is -1.05. The third-order valence-electron chi connectivity index (χ3n) is 2.77. The fourth-order valence-electron chi connectivity index (χ4n) is 1.64. The lowest BCUT2D eigenvalue weighted by molar-refractivity contribution is 0.350. The predicted molar refractivity (Wildman–Crippen MR) is 63.8 cm³/mol. The summed E-state index contributed by atoms with van der Waals surface area (Å²) in [6.07, 6.45) is 8.39. The van der Waals surface area contributed by atoms with Gasteiger partial charge in [0.15, 0.2) is 0 Å². The lowest BCUT2D eigenvalue weighted by Gasteiger charge is -2.21. The summed E-state index contributed by atoms with van der Waals surface area (Å²) in [4.78, 5) is 4.14. The van der Waals surface area contributed by atoms with Crippen molar-refractivity contribution in [1.29, 1.82) is 0 Å². The average molecular weight is 207 g/mol. The van der Waals surface area contributed by atoms with Gasteiger partial charge in [-0.25, -0.2) is 4.98 Å². The molecule has 84 valence electrons. The molecule has 0 bridgehead atoms. The summed E-state index contributed by atoms with van der Waals surface area (Å²) < 4.78 is 5.60. The second kappa shape index (κ2) is 5.15. The lowest BCUT2D eigenvalue weighted by atomic mass is 9.85. The second-order valence-corrected chi connectivity index (χ2v) is 4.61. The van der Waals surface area contributed by atoms with Gasteiger partial charge in [0.2, 0.25) is 5.89 Å². The Morgan fingerprint density at radius 2 is 2.20 bits per heavy atom. The van der Waals surface area contributed by atoms with Crippen LogP contribution in [0.25, 0.3) is 6.08 Å². The van der Waals surface area contributed by atoms with E-state index < -0.39 is 0 Å². The molecule has 1 heterocycles. The number of nitrogens with zero attached hydrogens (tertiary/aromatic N) is 1. The maximum absolute atomic E-state index is 5.60. The zero-order valence-corrected chi connectivity index (χ0v) is 10.0. The molecule has 0 radical (unpaired) electrons. The highest BCUT2D eigenvalue weighted by molar-refractivity contribution is 5.33. The van der Waals surface area contributed by atoms with Crippen molar-refractivity contribution in [2.45, 2.75) is 51.9 Å². The number of unbranched alkanes of at least 4 members (excludes halogenated alkanes) is 2. The predicted octanol–water partition coefficient (Wildman–Crippen LogP) is 4.18. The molecule has 0 atom stereocenters. The van der Waals surface area contributed by atoms with Gasteiger partial charge >= 0.3 is 0 Å². The first kappa shape index (κ1) is 12.0. The quantitative estimate of drug-likeness (QED) is 0.654. The topological polar surface area (TPSA) is 26.0 Å². The molecule has 0 unspecified atom stereocenters. The maximum Gasteiger partial charge on any atom is 0.218 e. The molecule has 0 aromatic carbocycles. The highest BCUT2D eigenvalue weighted by atomic mass is 16.4. The van der Waals surface area contributed by atoms with Crippen LogP contribution in [0.5, 0.6) is 0 Å². The molecule has 0 aliphatic carbocycles. The van der Waals surface area contributed by atoms with Gasteiger partial charge in [-0.1, -0.05) is 46.6 Å². The summed E-state index contributed by atoms with van der Waals surface area (Å²) in [6.45, 7) is 10.3. The lowest BCUT2D eigenvalue weighted by Crippen LogP contribution is -2.15. The van der Waals surface area contributed by atoms with Gasteiger partial charge in [0.05, 0.1) is 6.20 Å². The molecule has 0 N–H and O–H groups in total. The second-order valence-electron chi connectivity index (χ2n) is 4.61. The number of hydrogen-bond acceptors (Lipinski definition) is 2. The largest absolute Gasteiger partial charge is 0.441 e. The summed E-state index contributed by atoms with van der Waals surface area (Å²) in [5.41, 5.74) is 0.0867. The molecule has 1 aromatic heterocycles. The van der Waals surface area contributed by atoms with Crippen molar-refractivity contribution < 1.29 is 4.42 Å². The first-order valence-electron chi connectivity index (χ1n) is 5.69. The molecule has 0 aliphatic rings. The maximum atomic E-state index is 5.60. The standard InChI is InChI=1S/C13H21NO/c1-5-7-8-9-13(3,4)11-10-14-12(6-2)15-11/h6,10H,2,5,7-9H2,1,3-4H3. The van der Waals surface area contributed by atoms with E-state index in [1.54, 1.807) is 6.08 Å². The van der Waals surface area contributed by atoms with Gasteiger partial charge in [0.25, 0.3) is 0 Å². The molecule has 1 rings (SSSR count). The van der Waals surface area contributed by atoms with Crippen molar-refractivity contribution >= 4 is 6.08 Å². The minimum atomic E-state index is 0.0867. The van der Waals surface area contributed by atoms with Crippen molar-refractivity contribution in [3.8, 4) is 0 Å². The first-order valence-corrected chi connectivity index (χ1v) is 5.69. The molecule has 0 spiro atoms. The van der Waals surface area contributed by atoms with Crippen LogP contribution in [0.1, 0.15) is 58.1 Å². The van der Waals surface area contributed by atoms with Crippen LogP contribution in [0, 0.1) is 0 Å². The summed E-state index contributed by atoms with van der Waals surface area (Å²) in [5.74, 6) is 1.59.